The van der Waals surface area contributed by atoms with E-state index in [-0.39, 0.29) is 18.0 Å². The van der Waals surface area contributed by atoms with Gasteiger partial charge < -0.3 is 14.4 Å². The molecule has 176 valence electrons. The van der Waals surface area contributed by atoms with Gasteiger partial charge in [-0.15, -0.1) is 11.3 Å². The van der Waals surface area contributed by atoms with Crippen LogP contribution in [0.25, 0.3) is 21.3 Å². The van der Waals surface area contributed by atoms with Crippen molar-refractivity contribution >= 4 is 27.5 Å². The van der Waals surface area contributed by atoms with Gasteiger partial charge in [0, 0.05) is 23.5 Å². The summed E-state index contributed by atoms with van der Waals surface area (Å²) in [5.41, 5.74) is 2.56. The second-order valence-electron chi connectivity index (χ2n) is 7.85. The Hall–Kier alpha value is -3.65. The molecule has 34 heavy (non-hydrogen) atoms. The lowest BCUT2D eigenvalue weighted by atomic mass is 10.0. The first kappa shape index (κ1) is 23.5. The summed E-state index contributed by atoms with van der Waals surface area (Å²) in [7, 11) is 3.16. The summed E-state index contributed by atoms with van der Waals surface area (Å²) >= 11 is 1.49. The average molecular weight is 478 g/mol. The lowest BCUT2D eigenvalue weighted by Gasteiger charge is -2.22. The van der Waals surface area contributed by atoms with E-state index in [4.69, 9.17) is 9.47 Å². The smallest absolute Gasteiger partial charge is 0.263 e. The van der Waals surface area contributed by atoms with E-state index in [2.05, 4.69) is 4.98 Å². The number of benzene rings is 2. The third kappa shape index (κ3) is 4.54. The number of nitrogens with zero attached hydrogens (tertiary/aromatic N) is 3. The molecule has 0 bridgehead atoms. The quantitative estimate of drug-likeness (QED) is 0.374. The Morgan fingerprint density at radius 3 is 2.50 bits per heavy atom. The SMILES string of the molecule is CCN(Cc1ccc(OC)c(OC)c1)C(=O)Cn1cnc2sc(C)c(-c3ccccc3)c2c1=O. The van der Waals surface area contributed by atoms with E-state index >= 15 is 0 Å². The third-order valence-corrected chi connectivity index (χ3v) is 6.79. The third-order valence-electron chi connectivity index (χ3n) is 5.78. The van der Waals surface area contributed by atoms with Crippen molar-refractivity contribution in [3.8, 4) is 22.6 Å². The summed E-state index contributed by atoms with van der Waals surface area (Å²) in [5, 5.41) is 0.562. The number of carbonyl (C=O) groups excluding carboxylic acids is 1. The number of rotatable bonds is 8. The molecule has 0 atom stereocenters. The van der Waals surface area contributed by atoms with Gasteiger partial charge in [0.15, 0.2) is 11.5 Å². The van der Waals surface area contributed by atoms with E-state index in [1.54, 1.807) is 19.1 Å². The summed E-state index contributed by atoms with van der Waals surface area (Å²) < 4.78 is 12.1. The lowest BCUT2D eigenvalue weighted by Crippen LogP contribution is -2.36. The molecule has 8 heteroatoms. The number of amides is 1. The topological polar surface area (TPSA) is 73.7 Å². The molecule has 0 N–H and O–H groups in total. The van der Waals surface area contributed by atoms with Gasteiger partial charge in [-0.05, 0) is 37.1 Å². The summed E-state index contributed by atoms with van der Waals surface area (Å²) in [6.45, 7) is 4.73. The lowest BCUT2D eigenvalue weighted by molar-refractivity contribution is -0.132. The molecule has 0 unspecified atom stereocenters. The van der Waals surface area contributed by atoms with Crippen LogP contribution in [-0.4, -0.2) is 41.1 Å². The first-order valence-electron chi connectivity index (χ1n) is 11.0. The van der Waals surface area contributed by atoms with E-state index in [9.17, 15) is 9.59 Å². The normalized spacial score (nSPS) is 10.9. The number of thiophene rings is 1. The van der Waals surface area contributed by atoms with Gasteiger partial charge in [-0.3, -0.25) is 14.2 Å². The maximum absolute atomic E-state index is 13.4. The number of carbonyl (C=O) groups is 1. The van der Waals surface area contributed by atoms with Crippen LogP contribution in [-0.2, 0) is 17.9 Å². The summed E-state index contributed by atoms with van der Waals surface area (Å²) in [6, 6.07) is 15.4. The molecule has 0 aliphatic heterocycles. The van der Waals surface area contributed by atoms with Crippen molar-refractivity contribution in [1.82, 2.24) is 14.5 Å². The van der Waals surface area contributed by atoms with E-state index in [0.29, 0.717) is 34.8 Å². The van der Waals surface area contributed by atoms with E-state index in [1.807, 2.05) is 62.4 Å². The number of methoxy groups -OCH3 is 2. The predicted octanol–water partition coefficient (Wildman–Crippen LogP) is 4.50. The number of ether oxygens (including phenoxy) is 2. The molecule has 0 radical (unpaired) electrons. The first-order chi connectivity index (χ1) is 16.5. The molecule has 2 aromatic heterocycles. The maximum Gasteiger partial charge on any atom is 0.263 e. The molecule has 4 rings (SSSR count). The zero-order valence-corrected chi connectivity index (χ0v) is 20.5. The highest BCUT2D eigenvalue weighted by Gasteiger charge is 2.19. The number of fused-ring (bicyclic) bond motifs is 1. The Kier molecular flexibility index (Phi) is 6.98. The highest BCUT2D eigenvalue weighted by molar-refractivity contribution is 7.19. The van der Waals surface area contributed by atoms with Crippen molar-refractivity contribution < 1.29 is 14.3 Å². The Morgan fingerprint density at radius 2 is 1.82 bits per heavy atom. The van der Waals surface area contributed by atoms with Crippen LogP contribution in [0.4, 0.5) is 0 Å². The minimum Gasteiger partial charge on any atom is -0.493 e. The highest BCUT2D eigenvalue weighted by atomic mass is 32.1. The van der Waals surface area contributed by atoms with Gasteiger partial charge in [0.25, 0.3) is 5.56 Å². The van der Waals surface area contributed by atoms with Gasteiger partial charge in [0.1, 0.15) is 11.4 Å². The van der Waals surface area contributed by atoms with Gasteiger partial charge in [0.05, 0.1) is 25.9 Å². The zero-order chi connectivity index (χ0) is 24.2. The molecule has 4 aromatic rings. The predicted molar refractivity (Wildman–Crippen MR) is 135 cm³/mol. The van der Waals surface area contributed by atoms with Crippen molar-refractivity contribution in [1.29, 1.82) is 0 Å². The van der Waals surface area contributed by atoms with Crippen molar-refractivity contribution in [2.45, 2.75) is 26.9 Å². The van der Waals surface area contributed by atoms with Crippen LogP contribution in [0, 0.1) is 6.92 Å². The molecule has 0 aliphatic rings. The van der Waals surface area contributed by atoms with Crippen LogP contribution in [0.3, 0.4) is 0 Å². The average Bonchev–Trinajstić information content (AvgIpc) is 3.21. The second kappa shape index (κ2) is 10.1. The number of aryl methyl sites for hydroxylation is 1. The van der Waals surface area contributed by atoms with E-state index in [1.165, 1.54) is 22.2 Å². The minimum absolute atomic E-state index is 0.0774. The summed E-state index contributed by atoms with van der Waals surface area (Å²) in [6.07, 6.45) is 1.47. The Bertz CT molecular complexity index is 1380. The number of likely N-dealkylation sites (N-methyl/N-ethyl adjacent to an activating group) is 1. The monoisotopic (exact) mass is 477 g/mol. The second-order valence-corrected chi connectivity index (χ2v) is 9.06. The fourth-order valence-corrected chi connectivity index (χ4v) is 5.03. The van der Waals surface area contributed by atoms with Crippen LogP contribution >= 0.6 is 11.3 Å². The standard InChI is InChI=1S/C26H27N3O4S/c1-5-28(14-18-11-12-20(32-3)21(13-18)33-4)22(30)15-29-16-27-25-24(26(29)31)23(17(2)34-25)19-9-7-6-8-10-19/h6-13,16H,5,14-15H2,1-4H3. The van der Waals surface area contributed by atoms with Gasteiger partial charge in [0.2, 0.25) is 5.91 Å². The maximum atomic E-state index is 13.4. The van der Waals surface area contributed by atoms with E-state index in [0.717, 1.165) is 21.6 Å². The Labute approximate surface area is 202 Å². The molecular formula is C26H27N3O4S. The molecule has 2 heterocycles. The van der Waals surface area contributed by atoms with Crippen molar-refractivity contribution in [2.24, 2.45) is 0 Å². The van der Waals surface area contributed by atoms with Crippen molar-refractivity contribution in [3.05, 3.63) is 75.7 Å². The highest BCUT2D eigenvalue weighted by Crippen LogP contribution is 2.35. The van der Waals surface area contributed by atoms with Gasteiger partial charge in [-0.1, -0.05) is 36.4 Å². The van der Waals surface area contributed by atoms with Gasteiger partial charge in [-0.25, -0.2) is 4.98 Å². The number of aromatic nitrogens is 2. The fraction of sp³-hybridized carbons (Fsp3) is 0.269. The number of hydrogen-bond acceptors (Lipinski definition) is 6. The van der Waals surface area contributed by atoms with Crippen LogP contribution in [0.2, 0.25) is 0 Å². The Balaban J connectivity index is 1.62. The molecule has 0 saturated heterocycles. The largest absolute Gasteiger partial charge is 0.493 e. The summed E-state index contributed by atoms with van der Waals surface area (Å²) in [4.78, 5) is 34.5. The van der Waals surface area contributed by atoms with Crippen LogP contribution in [0.1, 0.15) is 17.4 Å². The molecule has 0 aliphatic carbocycles. The molecule has 0 fully saturated rings. The molecule has 7 nitrogen and oxygen atoms in total. The van der Waals surface area contributed by atoms with Gasteiger partial charge in [-0.2, -0.15) is 0 Å². The molecule has 1 amide bonds. The van der Waals surface area contributed by atoms with Crippen LogP contribution < -0.4 is 15.0 Å². The first-order valence-corrected chi connectivity index (χ1v) is 11.8. The van der Waals surface area contributed by atoms with Crippen LogP contribution in [0.5, 0.6) is 11.5 Å². The van der Waals surface area contributed by atoms with E-state index < -0.39 is 0 Å². The molecule has 0 spiro atoms. The molecule has 2 aromatic carbocycles. The molecular weight excluding hydrogens is 450 g/mol. The molecule has 0 saturated carbocycles. The number of hydrogen-bond donors (Lipinski definition) is 0. The summed E-state index contributed by atoms with van der Waals surface area (Å²) in [5.74, 6) is 1.08. The minimum atomic E-state index is -0.205. The fourth-order valence-electron chi connectivity index (χ4n) is 4.02. The van der Waals surface area contributed by atoms with Gasteiger partial charge >= 0.3 is 0 Å². The Morgan fingerprint density at radius 1 is 1.09 bits per heavy atom. The van der Waals surface area contributed by atoms with Crippen molar-refractivity contribution in [2.75, 3.05) is 20.8 Å². The zero-order valence-electron chi connectivity index (χ0n) is 19.7. The van der Waals surface area contributed by atoms with Crippen LogP contribution in [0.15, 0.2) is 59.7 Å². The van der Waals surface area contributed by atoms with Crippen molar-refractivity contribution in [3.63, 3.8) is 0 Å².